The highest BCUT2D eigenvalue weighted by molar-refractivity contribution is 5.76. The van der Waals surface area contributed by atoms with Gasteiger partial charge < -0.3 is 15.7 Å². The fourth-order valence-electron chi connectivity index (χ4n) is 1.68. The van der Waals surface area contributed by atoms with Crippen LogP contribution in [0.2, 0.25) is 0 Å². The van der Waals surface area contributed by atoms with Crippen LogP contribution in [-0.4, -0.2) is 24.1 Å². The second kappa shape index (κ2) is 4.99. The fourth-order valence-corrected chi connectivity index (χ4v) is 1.68. The highest BCUT2D eigenvalue weighted by Gasteiger charge is 2.19. The summed E-state index contributed by atoms with van der Waals surface area (Å²) in [4.78, 5) is 11.5. The molecular formula is C12H16N2O2. The molecule has 86 valence electrons. The SMILES string of the molecule is O=C(CC1CNC1)NCc1ccccc1O. The topological polar surface area (TPSA) is 61.4 Å². The van der Waals surface area contributed by atoms with Crippen molar-refractivity contribution in [2.24, 2.45) is 5.92 Å². The Labute approximate surface area is 94.7 Å². The number of amides is 1. The third kappa shape index (κ3) is 2.73. The van der Waals surface area contributed by atoms with Crippen LogP contribution in [0.25, 0.3) is 0 Å². The van der Waals surface area contributed by atoms with Crippen LogP contribution in [0.15, 0.2) is 24.3 Å². The van der Waals surface area contributed by atoms with Gasteiger partial charge in [-0.05, 0) is 25.1 Å². The van der Waals surface area contributed by atoms with Crippen molar-refractivity contribution in [3.63, 3.8) is 0 Å². The average molecular weight is 220 g/mol. The molecule has 1 aromatic carbocycles. The number of hydrogen-bond acceptors (Lipinski definition) is 3. The van der Waals surface area contributed by atoms with E-state index < -0.39 is 0 Å². The van der Waals surface area contributed by atoms with Gasteiger partial charge in [0, 0.05) is 18.5 Å². The molecule has 0 aromatic heterocycles. The number of benzene rings is 1. The van der Waals surface area contributed by atoms with Crippen molar-refractivity contribution < 1.29 is 9.90 Å². The predicted molar refractivity (Wildman–Crippen MR) is 60.9 cm³/mol. The number of aromatic hydroxyl groups is 1. The molecule has 1 amide bonds. The Morgan fingerprint density at radius 3 is 2.81 bits per heavy atom. The summed E-state index contributed by atoms with van der Waals surface area (Å²) in [5.41, 5.74) is 0.752. The minimum atomic E-state index is 0.0507. The Kier molecular flexibility index (Phi) is 3.41. The Morgan fingerprint density at radius 2 is 2.19 bits per heavy atom. The van der Waals surface area contributed by atoms with Gasteiger partial charge in [-0.2, -0.15) is 0 Å². The molecule has 0 radical (unpaired) electrons. The lowest BCUT2D eigenvalue weighted by Gasteiger charge is -2.26. The van der Waals surface area contributed by atoms with Crippen molar-refractivity contribution in [2.45, 2.75) is 13.0 Å². The van der Waals surface area contributed by atoms with E-state index in [1.807, 2.05) is 6.07 Å². The van der Waals surface area contributed by atoms with E-state index in [0.29, 0.717) is 18.9 Å². The molecule has 1 heterocycles. The first kappa shape index (κ1) is 11.0. The molecule has 2 rings (SSSR count). The van der Waals surface area contributed by atoms with E-state index in [-0.39, 0.29) is 11.7 Å². The van der Waals surface area contributed by atoms with E-state index in [2.05, 4.69) is 10.6 Å². The summed E-state index contributed by atoms with van der Waals surface area (Å²) >= 11 is 0. The summed E-state index contributed by atoms with van der Waals surface area (Å²) < 4.78 is 0. The molecule has 0 aliphatic carbocycles. The molecule has 1 aliphatic heterocycles. The van der Waals surface area contributed by atoms with Gasteiger partial charge in [-0.3, -0.25) is 4.79 Å². The number of carbonyl (C=O) groups is 1. The number of phenolic OH excluding ortho intramolecular Hbond substituents is 1. The number of para-hydroxylation sites is 1. The zero-order valence-corrected chi connectivity index (χ0v) is 9.07. The van der Waals surface area contributed by atoms with Crippen molar-refractivity contribution in [3.05, 3.63) is 29.8 Å². The maximum Gasteiger partial charge on any atom is 0.220 e. The van der Waals surface area contributed by atoms with Crippen LogP contribution in [-0.2, 0) is 11.3 Å². The van der Waals surface area contributed by atoms with Crippen LogP contribution in [0.5, 0.6) is 5.75 Å². The van der Waals surface area contributed by atoms with Crippen LogP contribution < -0.4 is 10.6 Å². The van der Waals surface area contributed by atoms with Crippen LogP contribution in [0.1, 0.15) is 12.0 Å². The Bertz CT molecular complexity index is 375. The van der Waals surface area contributed by atoms with Gasteiger partial charge in [0.25, 0.3) is 0 Å². The summed E-state index contributed by atoms with van der Waals surface area (Å²) in [5, 5.41) is 15.4. The van der Waals surface area contributed by atoms with Gasteiger partial charge in [0.1, 0.15) is 5.75 Å². The summed E-state index contributed by atoms with van der Waals surface area (Å²) in [6.07, 6.45) is 0.570. The van der Waals surface area contributed by atoms with Crippen molar-refractivity contribution in [1.82, 2.24) is 10.6 Å². The molecule has 0 saturated carbocycles. The van der Waals surface area contributed by atoms with Gasteiger partial charge in [-0.15, -0.1) is 0 Å². The number of carbonyl (C=O) groups excluding carboxylic acids is 1. The Balaban J connectivity index is 1.78. The fraction of sp³-hybridized carbons (Fsp3) is 0.417. The lowest BCUT2D eigenvalue weighted by atomic mass is 9.99. The molecule has 0 atom stereocenters. The van der Waals surface area contributed by atoms with E-state index >= 15 is 0 Å². The lowest BCUT2D eigenvalue weighted by Crippen LogP contribution is -2.44. The second-order valence-corrected chi connectivity index (χ2v) is 4.13. The molecule has 4 heteroatoms. The van der Waals surface area contributed by atoms with Gasteiger partial charge in [0.15, 0.2) is 0 Å². The average Bonchev–Trinajstić information content (AvgIpc) is 2.22. The smallest absolute Gasteiger partial charge is 0.220 e. The van der Waals surface area contributed by atoms with Crippen LogP contribution in [0, 0.1) is 5.92 Å². The molecule has 0 spiro atoms. The molecule has 0 bridgehead atoms. The highest BCUT2D eigenvalue weighted by atomic mass is 16.3. The first-order valence-electron chi connectivity index (χ1n) is 5.50. The van der Waals surface area contributed by atoms with Crippen molar-refractivity contribution >= 4 is 5.91 Å². The van der Waals surface area contributed by atoms with E-state index in [1.54, 1.807) is 18.2 Å². The van der Waals surface area contributed by atoms with Gasteiger partial charge in [-0.25, -0.2) is 0 Å². The van der Waals surface area contributed by atoms with Crippen LogP contribution >= 0.6 is 0 Å². The first-order chi connectivity index (χ1) is 7.75. The molecule has 3 N–H and O–H groups in total. The number of nitrogens with one attached hydrogen (secondary N) is 2. The monoisotopic (exact) mass is 220 g/mol. The quantitative estimate of drug-likeness (QED) is 0.697. The van der Waals surface area contributed by atoms with Crippen molar-refractivity contribution in [3.8, 4) is 5.75 Å². The lowest BCUT2D eigenvalue weighted by molar-refractivity contribution is -0.122. The Hall–Kier alpha value is -1.55. The van der Waals surface area contributed by atoms with Crippen molar-refractivity contribution in [2.75, 3.05) is 13.1 Å². The minimum absolute atomic E-state index is 0.0507. The molecule has 1 fully saturated rings. The maximum atomic E-state index is 11.5. The summed E-state index contributed by atoms with van der Waals surface area (Å²) in [6.45, 7) is 2.26. The molecule has 0 unspecified atom stereocenters. The number of rotatable bonds is 4. The van der Waals surface area contributed by atoms with E-state index in [0.717, 1.165) is 18.7 Å². The predicted octanol–water partition coefficient (Wildman–Crippen LogP) is 0.618. The minimum Gasteiger partial charge on any atom is -0.508 e. The van der Waals surface area contributed by atoms with Gasteiger partial charge >= 0.3 is 0 Å². The van der Waals surface area contributed by atoms with E-state index in [9.17, 15) is 9.90 Å². The van der Waals surface area contributed by atoms with E-state index in [1.165, 1.54) is 0 Å². The van der Waals surface area contributed by atoms with E-state index in [4.69, 9.17) is 0 Å². The highest BCUT2D eigenvalue weighted by Crippen LogP contribution is 2.15. The second-order valence-electron chi connectivity index (χ2n) is 4.13. The summed E-state index contributed by atoms with van der Waals surface area (Å²) in [5.74, 6) is 0.757. The third-order valence-electron chi connectivity index (χ3n) is 2.81. The molecule has 1 aliphatic rings. The molecule has 1 aromatic rings. The van der Waals surface area contributed by atoms with Gasteiger partial charge in [0.05, 0.1) is 0 Å². The normalized spacial score (nSPS) is 15.5. The summed E-state index contributed by atoms with van der Waals surface area (Å²) in [6, 6.07) is 7.04. The number of phenols is 1. The zero-order valence-electron chi connectivity index (χ0n) is 9.07. The van der Waals surface area contributed by atoms with Crippen LogP contribution in [0.3, 0.4) is 0 Å². The standard InChI is InChI=1S/C12H16N2O2/c15-11-4-2-1-3-10(11)8-14-12(16)5-9-6-13-7-9/h1-4,9,13,15H,5-8H2,(H,14,16). The Morgan fingerprint density at radius 1 is 1.44 bits per heavy atom. The molecule has 4 nitrogen and oxygen atoms in total. The number of hydrogen-bond donors (Lipinski definition) is 3. The van der Waals surface area contributed by atoms with Crippen molar-refractivity contribution in [1.29, 1.82) is 0 Å². The van der Waals surface area contributed by atoms with Gasteiger partial charge in [-0.1, -0.05) is 18.2 Å². The maximum absolute atomic E-state index is 11.5. The van der Waals surface area contributed by atoms with Gasteiger partial charge in [0.2, 0.25) is 5.91 Å². The molecule has 16 heavy (non-hydrogen) atoms. The molecular weight excluding hydrogens is 204 g/mol. The van der Waals surface area contributed by atoms with Crippen LogP contribution in [0.4, 0.5) is 0 Å². The molecule has 1 saturated heterocycles. The zero-order chi connectivity index (χ0) is 11.4. The largest absolute Gasteiger partial charge is 0.508 e. The first-order valence-corrected chi connectivity index (χ1v) is 5.50. The third-order valence-corrected chi connectivity index (χ3v) is 2.81. The summed E-state index contributed by atoms with van der Waals surface area (Å²) in [7, 11) is 0.